The van der Waals surface area contributed by atoms with E-state index in [0.29, 0.717) is 0 Å². The normalized spacial score (nSPS) is 11.8. The van der Waals surface area contributed by atoms with Gasteiger partial charge in [-0.1, -0.05) is 24.3 Å². The van der Waals surface area contributed by atoms with Gasteiger partial charge in [-0.2, -0.15) is 0 Å². The second-order valence-electron chi connectivity index (χ2n) is 5.60. The van der Waals surface area contributed by atoms with E-state index >= 15 is 0 Å². The summed E-state index contributed by atoms with van der Waals surface area (Å²) in [6.07, 6.45) is 0.822. The van der Waals surface area contributed by atoms with Gasteiger partial charge in [0.25, 0.3) is 5.91 Å². The highest BCUT2D eigenvalue weighted by Crippen LogP contribution is 2.28. The van der Waals surface area contributed by atoms with Crippen LogP contribution in [0, 0.1) is 0 Å². The summed E-state index contributed by atoms with van der Waals surface area (Å²) in [5.74, 6) is 0.718. The van der Waals surface area contributed by atoms with Crippen molar-refractivity contribution in [3.8, 4) is 5.75 Å². The molecule has 0 saturated carbocycles. The lowest BCUT2D eigenvalue weighted by atomic mass is 10.0. The molecule has 0 bridgehead atoms. The van der Waals surface area contributed by atoms with Crippen molar-refractivity contribution in [1.29, 1.82) is 0 Å². The molecular weight excluding hydrogens is 368 g/mol. The van der Waals surface area contributed by atoms with Crippen molar-refractivity contribution in [1.82, 2.24) is 10.6 Å². The zero-order chi connectivity index (χ0) is 17.5. The highest BCUT2D eigenvalue weighted by atomic mass is 79.9. The van der Waals surface area contributed by atoms with Gasteiger partial charge in [-0.15, -0.1) is 0 Å². The van der Waals surface area contributed by atoms with Crippen molar-refractivity contribution < 1.29 is 9.53 Å². The van der Waals surface area contributed by atoms with Crippen molar-refractivity contribution in [2.45, 2.75) is 19.4 Å². The Bertz CT molecular complexity index is 704. The second kappa shape index (κ2) is 8.85. The number of hydrogen-bond donors (Lipinski definition) is 2. The van der Waals surface area contributed by atoms with Crippen LogP contribution >= 0.6 is 15.9 Å². The van der Waals surface area contributed by atoms with E-state index in [1.165, 1.54) is 0 Å². The van der Waals surface area contributed by atoms with Crippen LogP contribution in [0.5, 0.6) is 5.75 Å². The van der Waals surface area contributed by atoms with Crippen molar-refractivity contribution in [3.05, 3.63) is 63.6 Å². The van der Waals surface area contributed by atoms with Crippen LogP contribution in [0.4, 0.5) is 0 Å². The number of nitrogens with one attached hydrogen (secondary N) is 2. The van der Waals surface area contributed by atoms with E-state index in [0.717, 1.165) is 39.9 Å². The van der Waals surface area contributed by atoms with Crippen molar-refractivity contribution in [2.75, 3.05) is 20.7 Å². The minimum absolute atomic E-state index is 0.0545. The molecule has 0 aliphatic heterocycles. The van der Waals surface area contributed by atoms with E-state index in [4.69, 9.17) is 4.74 Å². The van der Waals surface area contributed by atoms with Crippen LogP contribution in [0.15, 0.2) is 46.9 Å². The zero-order valence-corrected chi connectivity index (χ0v) is 15.8. The molecule has 2 rings (SSSR count). The first-order chi connectivity index (χ1) is 11.6. The standard InChI is InChI=1S/C19H23BrN2O2/c1-13(15-8-9-18(24-3)17(20)12-15)22-19(23)16-7-5-4-6-14(16)10-11-21-2/h4-9,12-13,21H,10-11H2,1-3H3,(H,22,23). The van der Waals surface area contributed by atoms with Crippen molar-refractivity contribution in [3.63, 3.8) is 0 Å². The van der Waals surface area contributed by atoms with E-state index in [9.17, 15) is 4.79 Å². The Morgan fingerprint density at radius 2 is 2.00 bits per heavy atom. The summed E-state index contributed by atoms with van der Waals surface area (Å²) in [5.41, 5.74) is 2.79. The van der Waals surface area contributed by atoms with E-state index in [1.54, 1.807) is 7.11 Å². The van der Waals surface area contributed by atoms with Crippen LogP contribution in [0.1, 0.15) is 34.5 Å². The van der Waals surface area contributed by atoms with Crippen molar-refractivity contribution in [2.24, 2.45) is 0 Å². The largest absolute Gasteiger partial charge is 0.496 e. The van der Waals surface area contributed by atoms with Gasteiger partial charge in [-0.3, -0.25) is 4.79 Å². The summed E-state index contributed by atoms with van der Waals surface area (Å²) in [6.45, 7) is 2.81. The minimum Gasteiger partial charge on any atom is -0.496 e. The van der Waals surface area contributed by atoms with E-state index in [2.05, 4.69) is 26.6 Å². The molecular formula is C19H23BrN2O2. The number of benzene rings is 2. The van der Waals surface area contributed by atoms with Crippen LogP contribution in [0.3, 0.4) is 0 Å². The molecule has 5 heteroatoms. The first kappa shape index (κ1) is 18.5. The monoisotopic (exact) mass is 390 g/mol. The third-order valence-corrected chi connectivity index (χ3v) is 4.55. The lowest BCUT2D eigenvalue weighted by Gasteiger charge is -2.17. The summed E-state index contributed by atoms with van der Waals surface area (Å²) in [5, 5.41) is 6.19. The fourth-order valence-electron chi connectivity index (χ4n) is 2.53. The Balaban J connectivity index is 2.13. The summed E-state index contributed by atoms with van der Waals surface area (Å²) >= 11 is 3.48. The van der Waals surface area contributed by atoms with Gasteiger partial charge >= 0.3 is 0 Å². The molecule has 0 saturated heterocycles. The summed E-state index contributed by atoms with van der Waals surface area (Å²) < 4.78 is 6.12. The zero-order valence-electron chi connectivity index (χ0n) is 14.2. The number of amides is 1. The number of ether oxygens (including phenoxy) is 1. The third kappa shape index (κ3) is 4.58. The average molecular weight is 391 g/mol. The first-order valence-corrected chi connectivity index (χ1v) is 8.73. The van der Waals surface area contributed by atoms with Crippen LogP contribution in [0.2, 0.25) is 0 Å². The molecule has 0 spiro atoms. The molecule has 1 unspecified atom stereocenters. The molecule has 0 heterocycles. The molecule has 0 aliphatic rings. The van der Waals surface area contributed by atoms with Gasteiger partial charge in [-0.05, 0) is 72.2 Å². The first-order valence-electron chi connectivity index (χ1n) is 7.93. The summed E-state index contributed by atoms with van der Waals surface area (Å²) in [6, 6.07) is 13.5. The molecule has 2 aromatic carbocycles. The Morgan fingerprint density at radius 3 is 2.67 bits per heavy atom. The smallest absolute Gasteiger partial charge is 0.252 e. The molecule has 2 N–H and O–H groups in total. The fraction of sp³-hybridized carbons (Fsp3) is 0.316. The number of methoxy groups -OCH3 is 1. The number of carbonyl (C=O) groups is 1. The minimum atomic E-state index is -0.0999. The maximum Gasteiger partial charge on any atom is 0.252 e. The van der Waals surface area contributed by atoms with Crippen molar-refractivity contribution >= 4 is 21.8 Å². The summed E-state index contributed by atoms with van der Waals surface area (Å²) in [4.78, 5) is 12.7. The third-order valence-electron chi connectivity index (χ3n) is 3.93. The van der Waals surface area contributed by atoms with Gasteiger partial charge < -0.3 is 15.4 Å². The number of hydrogen-bond acceptors (Lipinski definition) is 3. The Hall–Kier alpha value is -1.85. The maximum atomic E-state index is 12.7. The highest BCUT2D eigenvalue weighted by molar-refractivity contribution is 9.10. The Morgan fingerprint density at radius 1 is 1.25 bits per heavy atom. The molecule has 1 amide bonds. The lowest BCUT2D eigenvalue weighted by Crippen LogP contribution is -2.28. The molecule has 4 nitrogen and oxygen atoms in total. The molecule has 24 heavy (non-hydrogen) atoms. The fourth-order valence-corrected chi connectivity index (χ4v) is 3.09. The van der Waals surface area contributed by atoms with Gasteiger partial charge in [0.2, 0.25) is 0 Å². The van der Waals surface area contributed by atoms with E-state index < -0.39 is 0 Å². The molecule has 1 atom stereocenters. The Kier molecular flexibility index (Phi) is 6.82. The van der Waals surface area contributed by atoms with E-state index in [-0.39, 0.29) is 11.9 Å². The number of halogens is 1. The van der Waals surface area contributed by atoms with Gasteiger partial charge in [0.15, 0.2) is 0 Å². The molecule has 0 radical (unpaired) electrons. The Labute approximate surface area is 151 Å². The maximum absolute atomic E-state index is 12.7. The molecule has 0 aromatic heterocycles. The number of likely N-dealkylation sites (N-methyl/N-ethyl adjacent to an activating group) is 1. The molecule has 2 aromatic rings. The van der Waals surface area contributed by atoms with Crippen LogP contribution in [-0.2, 0) is 6.42 Å². The average Bonchev–Trinajstić information content (AvgIpc) is 2.60. The lowest BCUT2D eigenvalue weighted by molar-refractivity contribution is 0.0939. The second-order valence-corrected chi connectivity index (χ2v) is 6.45. The highest BCUT2D eigenvalue weighted by Gasteiger charge is 2.15. The predicted molar refractivity (Wildman–Crippen MR) is 101 cm³/mol. The topological polar surface area (TPSA) is 50.4 Å². The molecule has 128 valence electrons. The predicted octanol–water partition coefficient (Wildman–Crippen LogP) is 3.71. The summed E-state index contributed by atoms with van der Waals surface area (Å²) in [7, 11) is 3.54. The van der Waals surface area contributed by atoms with Gasteiger partial charge in [0.1, 0.15) is 5.75 Å². The van der Waals surface area contributed by atoms with Crippen LogP contribution in [0.25, 0.3) is 0 Å². The van der Waals surface area contributed by atoms with Crippen LogP contribution in [-0.4, -0.2) is 26.6 Å². The van der Waals surface area contributed by atoms with Gasteiger partial charge in [-0.25, -0.2) is 0 Å². The number of carbonyl (C=O) groups excluding carboxylic acids is 1. The van der Waals surface area contributed by atoms with Gasteiger partial charge in [0, 0.05) is 5.56 Å². The van der Waals surface area contributed by atoms with E-state index in [1.807, 2.05) is 56.4 Å². The van der Waals surface area contributed by atoms with Crippen LogP contribution < -0.4 is 15.4 Å². The van der Waals surface area contributed by atoms with Gasteiger partial charge in [0.05, 0.1) is 17.6 Å². The molecule has 0 fully saturated rings. The quantitative estimate of drug-likeness (QED) is 0.757. The number of rotatable bonds is 7. The SMILES string of the molecule is CNCCc1ccccc1C(=O)NC(C)c1ccc(OC)c(Br)c1. The molecule has 0 aliphatic carbocycles.